The van der Waals surface area contributed by atoms with Crippen molar-refractivity contribution in [2.24, 2.45) is 0 Å². The third-order valence-corrected chi connectivity index (χ3v) is 6.40. The van der Waals surface area contributed by atoms with Gasteiger partial charge in [0.1, 0.15) is 0 Å². The second kappa shape index (κ2) is 11.0. The average Bonchev–Trinajstić information content (AvgIpc) is 3.32. The lowest BCUT2D eigenvalue weighted by Gasteiger charge is -2.31. The lowest BCUT2D eigenvalue weighted by Crippen LogP contribution is -2.41. The zero-order valence-corrected chi connectivity index (χ0v) is 21.1. The van der Waals surface area contributed by atoms with Crippen LogP contribution in [0.15, 0.2) is 66.7 Å². The molecule has 0 saturated heterocycles. The first-order valence-electron chi connectivity index (χ1n) is 11.8. The molecule has 1 aliphatic rings. The largest absolute Gasteiger partial charge is 0.493 e. The van der Waals surface area contributed by atoms with Gasteiger partial charge in [0, 0.05) is 50.3 Å². The fourth-order valence-corrected chi connectivity index (χ4v) is 4.46. The Kier molecular flexibility index (Phi) is 7.63. The third kappa shape index (κ3) is 5.38. The monoisotopic (exact) mass is 488 g/mol. The third-order valence-electron chi connectivity index (χ3n) is 6.40. The summed E-state index contributed by atoms with van der Waals surface area (Å²) >= 11 is 0. The molecule has 1 heterocycles. The maximum absolute atomic E-state index is 12.8. The number of hydrogen-bond acceptors (Lipinski definition) is 6. The van der Waals surface area contributed by atoms with Gasteiger partial charge in [-0.15, -0.1) is 0 Å². The first-order chi connectivity index (χ1) is 17.4. The van der Waals surface area contributed by atoms with E-state index in [0.717, 1.165) is 29.9 Å². The highest BCUT2D eigenvalue weighted by Gasteiger charge is 2.28. The summed E-state index contributed by atoms with van der Waals surface area (Å²) in [4.78, 5) is 29.7. The topological polar surface area (TPSA) is 83.1 Å². The molecule has 188 valence electrons. The standard InChI is InChI=1S/C28H32N4O4/c1-31(2)22-12-9-20(10-13-22)24(32-16-15-19-7-5-6-8-23(19)32)18-29-27(33)28(34)30-21-11-14-25(35-3)26(17-21)36-4/h5-14,17,24H,15-16,18H2,1-4H3,(H,29,33)(H,30,34)/t24-/m0/s1. The van der Waals surface area contributed by atoms with E-state index in [1.807, 2.05) is 31.1 Å². The maximum atomic E-state index is 12.8. The van der Waals surface area contributed by atoms with Gasteiger partial charge >= 0.3 is 11.8 Å². The maximum Gasteiger partial charge on any atom is 0.313 e. The van der Waals surface area contributed by atoms with Gasteiger partial charge in [-0.2, -0.15) is 0 Å². The zero-order chi connectivity index (χ0) is 25.7. The molecule has 4 rings (SSSR count). The molecule has 2 N–H and O–H groups in total. The summed E-state index contributed by atoms with van der Waals surface area (Å²) in [5.74, 6) is -0.448. The second-order valence-electron chi connectivity index (χ2n) is 8.81. The van der Waals surface area contributed by atoms with E-state index in [2.05, 4.69) is 51.9 Å². The molecule has 0 bridgehead atoms. The van der Waals surface area contributed by atoms with Gasteiger partial charge in [0.25, 0.3) is 0 Å². The van der Waals surface area contributed by atoms with E-state index in [-0.39, 0.29) is 12.6 Å². The number of hydrogen-bond donors (Lipinski definition) is 2. The predicted octanol–water partition coefficient (Wildman–Crippen LogP) is 3.63. The van der Waals surface area contributed by atoms with Crippen LogP contribution in [-0.4, -0.2) is 53.2 Å². The Morgan fingerprint density at radius 3 is 2.36 bits per heavy atom. The smallest absolute Gasteiger partial charge is 0.313 e. The number of nitrogens with zero attached hydrogens (tertiary/aromatic N) is 2. The highest BCUT2D eigenvalue weighted by molar-refractivity contribution is 6.39. The van der Waals surface area contributed by atoms with Crippen LogP contribution in [0.25, 0.3) is 0 Å². The summed E-state index contributed by atoms with van der Waals surface area (Å²) < 4.78 is 10.5. The highest BCUT2D eigenvalue weighted by Crippen LogP contribution is 2.35. The molecule has 36 heavy (non-hydrogen) atoms. The van der Waals surface area contributed by atoms with Crippen molar-refractivity contribution in [3.63, 3.8) is 0 Å². The number of rotatable bonds is 8. The number of para-hydroxylation sites is 1. The fraction of sp³-hybridized carbons (Fsp3) is 0.286. The van der Waals surface area contributed by atoms with Gasteiger partial charge in [-0.05, 0) is 47.9 Å². The van der Waals surface area contributed by atoms with Crippen molar-refractivity contribution in [2.75, 3.05) is 56.5 Å². The molecule has 3 aromatic rings. The van der Waals surface area contributed by atoms with Crippen LogP contribution >= 0.6 is 0 Å². The van der Waals surface area contributed by atoms with E-state index < -0.39 is 11.8 Å². The van der Waals surface area contributed by atoms with E-state index in [1.54, 1.807) is 18.2 Å². The molecule has 0 aliphatic carbocycles. The minimum Gasteiger partial charge on any atom is -0.493 e. The average molecular weight is 489 g/mol. The summed E-state index contributed by atoms with van der Waals surface area (Å²) in [5.41, 5.74) is 5.04. The molecule has 1 aliphatic heterocycles. The van der Waals surface area contributed by atoms with Gasteiger partial charge in [-0.25, -0.2) is 0 Å². The van der Waals surface area contributed by atoms with Crippen LogP contribution in [0.4, 0.5) is 17.1 Å². The van der Waals surface area contributed by atoms with Crippen LogP contribution in [0.5, 0.6) is 11.5 Å². The molecule has 8 nitrogen and oxygen atoms in total. The molecule has 0 saturated carbocycles. The molecule has 0 aromatic heterocycles. The molecule has 1 atom stereocenters. The molecule has 0 fully saturated rings. The Morgan fingerprint density at radius 2 is 1.67 bits per heavy atom. The Balaban J connectivity index is 1.49. The number of benzene rings is 3. The lowest BCUT2D eigenvalue weighted by atomic mass is 10.0. The van der Waals surface area contributed by atoms with E-state index in [4.69, 9.17) is 9.47 Å². The Labute approximate surface area is 211 Å². The van der Waals surface area contributed by atoms with E-state index in [9.17, 15) is 9.59 Å². The predicted molar refractivity (Wildman–Crippen MR) is 142 cm³/mol. The lowest BCUT2D eigenvalue weighted by molar-refractivity contribution is -0.136. The number of carbonyl (C=O) groups is 2. The summed E-state index contributed by atoms with van der Waals surface area (Å²) in [7, 11) is 7.05. The fourth-order valence-electron chi connectivity index (χ4n) is 4.46. The van der Waals surface area contributed by atoms with Crippen LogP contribution in [-0.2, 0) is 16.0 Å². The van der Waals surface area contributed by atoms with E-state index in [0.29, 0.717) is 17.2 Å². The number of ether oxygens (including phenoxy) is 2. The van der Waals surface area contributed by atoms with Gasteiger partial charge in [-0.3, -0.25) is 9.59 Å². The highest BCUT2D eigenvalue weighted by atomic mass is 16.5. The Hall–Kier alpha value is -4.20. The van der Waals surface area contributed by atoms with Crippen molar-refractivity contribution in [1.29, 1.82) is 0 Å². The number of methoxy groups -OCH3 is 2. The summed E-state index contributed by atoms with van der Waals surface area (Å²) in [5, 5.41) is 5.47. The molecule has 0 spiro atoms. The van der Waals surface area contributed by atoms with Gasteiger partial charge in [-0.1, -0.05) is 30.3 Å². The number of fused-ring (bicyclic) bond motifs is 1. The molecule has 8 heteroatoms. The van der Waals surface area contributed by atoms with Crippen molar-refractivity contribution < 1.29 is 19.1 Å². The van der Waals surface area contributed by atoms with Crippen molar-refractivity contribution in [1.82, 2.24) is 5.32 Å². The molecular weight excluding hydrogens is 456 g/mol. The number of anilines is 3. The molecule has 3 aromatic carbocycles. The SMILES string of the molecule is COc1ccc(NC(=O)C(=O)NC[C@@H](c2ccc(N(C)C)cc2)N2CCc3ccccc32)cc1OC. The van der Waals surface area contributed by atoms with Crippen LogP contribution in [0.1, 0.15) is 17.2 Å². The summed E-state index contributed by atoms with van der Waals surface area (Å²) in [6.45, 7) is 1.13. The minimum atomic E-state index is -0.745. The van der Waals surface area contributed by atoms with E-state index >= 15 is 0 Å². The number of carbonyl (C=O) groups excluding carboxylic acids is 2. The number of nitrogens with one attached hydrogen (secondary N) is 2. The number of amides is 2. The van der Waals surface area contributed by atoms with Crippen LogP contribution < -0.4 is 29.9 Å². The van der Waals surface area contributed by atoms with Crippen molar-refractivity contribution in [3.8, 4) is 11.5 Å². The molecule has 0 radical (unpaired) electrons. The normalized spacial score (nSPS) is 12.9. The first-order valence-corrected chi connectivity index (χ1v) is 11.8. The summed E-state index contributed by atoms with van der Waals surface area (Å²) in [6, 6.07) is 21.4. The Bertz CT molecular complexity index is 1230. The van der Waals surface area contributed by atoms with Gasteiger partial charge in [0.05, 0.1) is 20.3 Å². The van der Waals surface area contributed by atoms with Crippen LogP contribution in [0.2, 0.25) is 0 Å². The van der Waals surface area contributed by atoms with Crippen molar-refractivity contribution >= 4 is 28.9 Å². The Morgan fingerprint density at radius 1 is 0.944 bits per heavy atom. The zero-order valence-electron chi connectivity index (χ0n) is 21.1. The van der Waals surface area contributed by atoms with Crippen LogP contribution in [0.3, 0.4) is 0 Å². The first kappa shape index (κ1) is 24.9. The second-order valence-corrected chi connectivity index (χ2v) is 8.81. The van der Waals surface area contributed by atoms with Crippen LogP contribution in [0, 0.1) is 0 Å². The van der Waals surface area contributed by atoms with Gasteiger partial charge in [0.2, 0.25) is 0 Å². The minimum absolute atomic E-state index is 0.123. The van der Waals surface area contributed by atoms with Gasteiger partial charge in [0.15, 0.2) is 11.5 Å². The van der Waals surface area contributed by atoms with Gasteiger partial charge < -0.3 is 29.9 Å². The molecule has 0 unspecified atom stereocenters. The van der Waals surface area contributed by atoms with Crippen molar-refractivity contribution in [3.05, 3.63) is 77.9 Å². The molecular formula is C28H32N4O4. The molecule has 2 amide bonds. The van der Waals surface area contributed by atoms with Crippen molar-refractivity contribution in [2.45, 2.75) is 12.5 Å². The summed E-state index contributed by atoms with van der Waals surface area (Å²) in [6.07, 6.45) is 0.941. The quantitative estimate of drug-likeness (QED) is 0.471. The van der Waals surface area contributed by atoms with E-state index in [1.165, 1.54) is 19.8 Å².